The summed E-state index contributed by atoms with van der Waals surface area (Å²) in [7, 11) is 0. The van der Waals surface area contributed by atoms with Crippen LogP contribution in [0, 0.1) is 5.41 Å². The van der Waals surface area contributed by atoms with Gasteiger partial charge in [0.15, 0.2) is 0 Å². The number of carboxylic acids is 1. The van der Waals surface area contributed by atoms with Gasteiger partial charge < -0.3 is 15.8 Å². The molecule has 0 fully saturated rings. The van der Waals surface area contributed by atoms with Crippen LogP contribution in [0.4, 0.5) is 0 Å². The minimum Gasteiger partial charge on any atom is -0.481 e. The summed E-state index contributed by atoms with van der Waals surface area (Å²) in [5.41, 5.74) is 4.07. The van der Waals surface area contributed by atoms with E-state index in [0.29, 0.717) is 5.56 Å². The Hall–Kier alpha value is -2.83. The van der Waals surface area contributed by atoms with Crippen LogP contribution in [0.15, 0.2) is 47.5 Å². The molecule has 0 saturated heterocycles. The molecule has 5 N–H and O–H groups in total. The molecule has 0 bridgehead atoms. The summed E-state index contributed by atoms with van der Waals surface area (Å²) in [5.74, 6) is -1.56. The molecule has 7 nitrogen and oxygen atoms in total. The number of H-pyrrole nitrogens is 1. The Morgan fingerprint density at radius 3 is 2.50 bits per heavy atom. The number of imidazole rings is 1. The Morgan fingerprint density at radius 1 is 1.40 bits per heavy atom. The molecule has 0 aliphatic heterocycles. The van der Waals surface area contributed by atoms with E-state index in [2.05, 4.69) is 4.98 Å². The molecule has 2 rings (SSSR count). The van der Waals surface area contributed by atoms with Crippen LogP contribution >= 0.6 is 0 Å². The molecular formula is C13H14N4O3. The van der Waals surface area contributed by atoms with Crippen molar-refractivity contribution in [3.63, 3.8) is 0 Å². The molecular weight excluding hydrogens is 260 g/mol. The van der Waals surface area contributed by atoms with Crippen molar-refractivity contribution < 1.29 is 9.90 Å². The van der Waals surface area contributed by atoms with Gasteiger partial charge in [-0.3, -0.25) is 14.8 Å². The number of benzene rings is 1. The number of rotatable bonds is 5. The van der Waals surface area contributed by atoms with E-state index in [1.165, 1.54) is 12.4 Å². The van der Waals surface area contributed by atoms with Crippen LogP contribution in [0.2, 0.25) is 0 Å². The second-order valence-electron chi connectivity index (χ2n) is 4.35. The zero-order valence-electron chi connectivity index (χ0n) is 10.5. The van der Waals surface area contributed by atoms with Crippen molar-refractivity contribution in [3.05, 3.63) is 58.8 Å². The first-order valence-corrected chi connectivity index (χ1v) is 5.87. The third kappa shape index (κ3) is 2.09. The molecule has 1 atom stereocenters. The molecule has 1 unspecified atom stereocenters. The first-order valence-electron chi connectivity index (χ1n) is 5.87. The largest absolute Gasteiger partial charge is 0.481 e. The zero-order chi connectivity index (χ0) is 14.8. The Balaban J connectivity index is 2.76. The average Bonchev–Trinajstić information content (AvgIpc) is 2.83. The molecule has 0 radical (unpaired) electrons. The van der Waals surface area contributed by atoms with Crippen molar-refractivity contribution in [2.75, 3.05) is 0 Å². The second kappa shape index (κ2) is 5.04. The molecule has 0 aliphatic rings. The molecule has 0 amide bonds. The highest BCUT2D eigenvalue weighted by Crippen LogP contribution is 2.29. The highest BCUT2D eigenvalue weighted by Gasteiger charge is 2.41. The molecule has 7 heteroatoms. The Bertz CT molecular complexity index is 689. The number of carboxylic acid groups (broad SMARTS) is 1. The molecule has 1 aromatic heterocycles. The van der Waals surface area contributed by atoms with Gasteiger partial charge in [0.2, 0.25) is 0 Å². The zero-order valence-corrected chi connectivity index (χ0v) is 10.5. The predicted molar refractivity (Wildman–Crippen MR) is 72.7 cm³/mol. The van der Waals surface area contributed by atoms with Gasteiger partial charge >= 0.3 is 11.7 Å². The molecule has 104 valence electrons. The van der Waals surface area contributed by atoms with Crippen molar-refractivity contribution in [2.45, 2.75) is 12.0 Å². The standard InChI is InChI=1S/C13H14N4O3/c14-11(15)13(8-10(18)19,9-4-2-1-3-5-9)17-7-6-16-12(17)20/h1-7H,8H2,(H3,14,15)(H,16,20)(H,18,19). The van der Waals surface area contributed by atoms with E-state index >= 15 is 0 Å². The lowest BCUT2D eigenvalue weighted by atomic mass is 9.85. The van der Waals surface area contributed by atoms with Gasteiger partial charge in [-0.05, 0) is 5.56 Å². The maximum atomic E-state index is 11.9. The number of carbonyl (C=O) groups is 1. The number of nitrogens with two attached hydrogens (primary N) is 1. The number of amidine groups is 1. The van der Waals surface area contributed by atoms with Gasteiger partial charge in [-0.2, -0.15) is 0 Å². The van der Waals surface area contributed by atoms with Crippen LogP contribution in [0.3, 0.4) is 0 Å². The highest BCUT2D eigenvalue weighted by molar-refractivity contribution is 5.92. The van der Waals surface area contributed by atoms with Crippen LogP contribution in [-0.4, -0.2) is 26.5 Å². The number of nitrogens with zero attached hydrogens (tertiary/aromatic N) is 1. The minimum atomic E-state index is -1.54. The second-order valence-corrected chi connectivity index (χ2v) is 4.35. The van der Waals surface area contributed by atoms with Gasteiger partial charge in [-0.1, -0.05) is 30.3 Å². The lowest BCUT2D eigenvalue weighted by Crippen LogP contribution is -2.51. The number of aromatic amines is 1. The SMILES string of the molecule is N=C(N)C(CC(=O)O)(c1ccccc1)n1cc[nH]c1=O. The van der Waals surface area contributed by atoms with Crippen LogP contribution in [0.1, 0.15) is 12.0 Å². The first-order chi connectivity index (χ1) is 9.48. The quantitative estimate of drug-likeness (QED) is 0.463. The summed E-state index contributed by atoms with van der Waals surface area (Å²) in [6.45, 7) is 0. The number of hydrogen-bond donors (Lipinski definition) is 4. The van der Waals surface area contributed by atoms with Gasteiger partial charge in [0, 0.05) is 12.4 Å². The van der Waals surface area contributed by atoms with Crippen molar-refractivity contribution in [1.29, 1.82) is 5.41 Å². The first kappa shape index (κ1) is 13.6. The van der Waals surface area contributed by atoms with Crippen molar-refractivity contribution >= 4 is 11.8 Å². The highest BCUT2D eigenvalue weighted by atomic mass is 16.4. The normalized spacial score (nSPS) is 13.6. The van der Waals surface area contributed by atoms with E-state index in [1.807, 2.05) is 0 Å². The predicted octanol–water partition coefficient (Wildman–Crippen LogP) is 0.331. The van der Waals surface area contributed by atoms with Crippen LogP contribution < -0.4 is 11.4 Å². The molecule has 1 heterocycles. The average molecular weight is 274 g/mol. The Morgan fingerprint density at radius 2 is 2.05 bits per heavy atom. The summed E-state index contributed by atoms with van der Waals surface area (Å²) in [4.78, 5) is 25.5. The number of aliphatic carboxylic acids is 1. The smallest absolute Gasteiger partial charge is 0.326 e. The van der Waals surface area contributed by atoms with Gasteiger partial charge in [-0.25, -0.2) is 4.79 Å². The third-order valence-electron chi connectivity index (χ3n) is 3.16. The van der Waals surface area contributed by atoms with E-state index in [4.69, 9.17) is 11.1 Å². The topological polar surface area (TPSA) is 125 Å². The summed E-state index contributed by atoms with van der Waals surface area (Å²) in [6, 6.07) is 8.45. The number of aromatic nitrogens is 2. The molecule has 0 aliphatic carbocycles. The fourth-order valence-corrected chi connectivity index (χ4v) is 2.26. The third-order valence-corrected chi connectivity index (χ3v) is 3.16. The van der Waals surface area contributed by atoms with E-state index in [1.54, 1.807) is 30.3 Å². The maximum absolute atomic E-state index is 11.9. The maximum Gasteiger partial charge on any atom is 0.326 e. The van der Waals surface area contributed by atoms with E-state index < -0.39 is 29.5 Å². The van der Waals surface area contributed by atoms with E-state index in [0.717, 1.165) is 4.57 Å². The fraction of sp³-hybridized carbons (Fsp3) is 0.154. The summed E-state index contributed by atoms with van der Waals surface area (Å²) in [5, 5.41) is 17.0. The fourth-order valence-electron chi connectivity index (χ4n) is 2.26. The van der Waals surface area contributed by atoms with Crippen LogP contribution in [-0.2, 0) is 10.3 Å². The number of hydrogen-bond acceptors (Lipinski definition) is 3. The molecule has 0 saturated carbocycles. The molecule has 2 aromatic rings. The lowest BCUT2D eigenvalue weighted by molar-refractivity contribution is -0.138. The van der Waals surface area contributed by atoms with E-state index in [-0.39, 0.29) is 0 Å². The van der Waals surface area contributed by atoms with Gasteiger partial charge in [0.05, 0.1) is 6.42 Å². The molecule has 20 heavy (non-hydrogen) atoms. The van der Waals surface area contributed by atoms with Crippen LogP contribution in [0.25, 0.3) is 0 Å². The van der Waals surface area contributed by atoms with Crippen molar-refractivity contribution in [2.24, 2.45) is 5.73 Å². The summed E-state index contributed by atoms with van der Waals surface area (Å²) >= 11 is 0. The monoisotopic (exact) mass is 274 g/mol. The van der Waals surface area contributed by atoms with Gasteiger partial charge in [0.1, 0.15) is 11.4 Å². The van der Waals surface area contributed by atoms with Crippen molar-refractivity contribution in [1.82, 2.24) is 9.55 Å². The Kier molecular flexibility index (Phi) is 3.43. The van der Waals surface area contributed by atoms with Crippen molar-refractivity contribution in [3.8, 4) is 0 Å². The number of nitrogens with one attached hydrogen (secondary N) is 2. The van der Waals surface area contributed by atoms with Gasteiger partial charge in [-0.15, -0.1) is 0 Å². The molecule has 0 spiro atoms. The lowest BCUT2D eigenvalue weighted by Gasteiger charge is -2.32. The molecule has 1 aromatic carbocycles. The minimum absolute atomic E-state index is 0.409. The van der Waals surface area contributed by atoms with E-state index in [9.17, 15) is 14.7 Å². The van der Waals surface area contributed by atoms with Gasteiger partial charge in [0.25, 0.3) is 0 Å². The van der Waals surface area contributed by atoms with Crippen LogP contribution in [0.5, 0.6) is 0 Å². The summed E-state index contributed by atoms with van der Waals surface area (Å²) in [6.07, 6.45) is 2.27. The summed E-state index contributed by atoms with van der Waals surface area (Å²) < 4.78 is 1.14. The Labute approximate surface area is 114 Å².